The molecular weight excluding hydrogens is 262 g/mol. The average Bonchev–Trinajstić information content (AvgIpc) is 2.87. The highest BCUT2D eigenvalue weighted by Crippen LogP contribution is 2.13. The maximum atomic E-state index is 11.7. The predicted molar refractivity (Wildman–Crippen MR) is 71.6 cm³/mol. The molecule has 0 aliphatic heterocycles. The fraction of sp³-hybridized carbons (Fsp3) is 0.0769. The Hall–Kier alpha value is -2.96. The second-order valence-corrected chi connectivity index (χ2v) is 4.00. The maximum absolute atomic E-state index is 11.7. The molecule has 0 spiro atoms. The van der Waals surface area contributed by atoms with Crippen LogP contribution in [0.2, 0.25) is 0 Å². The number of aryl methyl sites for hydroxylation is 1. The van der Waals surface area contributed by atoms with Gasteiger partial charge in [0.1, 0.15) is 4.92 Å². The number of nitro groups is 1. The topological polar surface area (TPSA) is 97.7 Å². The van der Waals surface area contributed by atoms with Crippen LogP contribution < -0.4 is 5.43 Å². The zero-order chi connectivity index (χ0) is 14.5. The number of hydrazone groups is 1. The van der Waals surface area contributed by atoms with Crippen LogP contribution in [0.1, 0.15) is 21.7 Å². The predicted octanol–water partition coefficient (Wildman–Crippen LogP) is 2.26. The van der Waals surface area contributed by atoms with Gasteiger partial charge in [-0.3, -0.25) is 14.9 Å². The maximum Gasteiger partial charge on any atom is 0.433 e. The van der Waals surface area contributed by atoms with E-state index in [2.05, 4.69) is 10.5 Å². The van der Waals surface area contributed by atoms with Gasteiger partial charge in [0.2, 0.25) is 0 Å². The number of hydrogen-bond acceptors (Lipinski definition) is 5. The number of amides is 1. The van der Waals surface area contributed by atoms with Gasteiger partial charge in [0.15, 0.2) is 5.76 Å². The molecule has 20 heavy (non-hydrogen) atoms. The van der Waals surface area contributed by atoms with Gasteiger partial charge < -0.3 is 4.42 Å². The van der Waals surface area contributed by atoms with E-state index in [1.807, 2.05) is 13.0 Å². The van der Waals surface area contributed by atoms with Crippen molar-refractivity contribution < 1.29 is 14.1 Å². The van der Waals surface area contributed by atoms with E-state index in [1.165, 1.54) is 18.3 Å². The van der Waals surface area contributed by atoms with Gasteiger partial charge in [0.25, 0.3) is 5.91 Å². The first-order valence-electron chi connectivity index (χ1n) is 5.70. The summed E-state index contributed by atoms with van der Waals surface area (Å²) >= 11 is 0. The Bertz CT molecular complexity index is 676. The van der Waals surface area contributed by atoms with Gasteiger partial charge in [-0.1, -0.05) is 17.7 Å². The monoisotopic (exact) mass is 273 g/mol. The lowest BCUT2D eigenvalue weighted by Gasteiger charge is -2.00. The number of rotatable bonds is 4. The van der Waals surface area contributed by atoms with E-state index in [1.54, 1.807) is 18.2 Å². The van der Waals surface area contributed by atoms with Gasteiger partial charge in [0, 0.05) is 5.56 Å². The number of benzene rings is 1. The van der Waals surface area contributed by atoms with E-state index >= 15 is 0 Å². The molecule has 1 N–H and O–H groups in total. The molecule has 0 aliphatic carbocycles. The zero-order valence-electron chi connectivity index (χ0n) is 10.6. The number of nitrogens with zero attached hydrogens (tertiary/aromatic N) is 2. The fourth-order valence-electron chi connectivity index (χ4n) is 1.52. The number of carbonyl (C=O) groups excluding carboxylic acids is 1. The summed E-state index contributed by atoms with van der Waals surface area (Å²) in [6.07, 6.45) is 1.20. The SMILES string of the molecule is Cc1cccc(C(=O)N/N=C\c2ccc([N+](=O)[O-])o2)c1. The Morgan fingerprint density at radius 3 is 2.85 bits per heavy atom. The summed E-state index contributed by atoms with van der Waals surface area (Å²) < 4.78 is 4.85. The summed E-state index contributed by atoms with van der Waals surface area (Å²) in [7, 11) is 0. The molecule has 0 aliphatic rings. The highest BCUT2D eigenvalue weighted by atomic mass is 16.6. The van der Waals surface area contributed by atoms with Crippen molar-refractivity contribution in [1.29, 1.82) is 0 Å². The third-order valence-corrected chi connectivity index (χ3v) is 2.43. The standard InChI is InChI=1S/C13H11N3O4/c1-9-3-2-4-10(7-9)13(17)15-14-8-11-5-6-12(20-11)16(18)19/h2-8H,1H3,(H,15,17)/b14-8-. The first-order valence-corrected chi connectivity index (χ1v) is 5.70. The van der Waals surface area contributed by atoms with E-state index in [4.69, 9.17) is 4.42 Å². The third-order valence-electron chi connectivity index (χ3n) is 2.43. The van der Waals surface area contributed by atoms with Crippen molar-refractivity contribution in [1.82, 2.24) is 5.43 Å². The van der Waals surface area contributed by atoms with Crippen molar-refractivity contribution in [2.24, 2.45) is 5.10 Å². The molecule has 102 valence electrons. The molecule has 7 nitrogen and oxygen atoms in total. The van der Waals surface area contributed by atoms with Gasteiger partial charge in [0.05, 0.1) is 12.3 Å². The largest absolute Gasteiger partial charge is 0.433 e. The minimum atomic E-state index is -0.650. The molecule has 2 aromatic rings. The van der Waals surface area contributed by atoms with Crippen molar-refractivity contribution >= 4 is 18.0 Å². The molecule has 0 fully saturated rings. The van der Waals surface area contributed by atoms with Crippen LogP contribution in [0.3, 0.4) is 0 Å². The quantitative estimate of drug-likeness (QED) is 0.524. The Morgan fingerprint density at radius 2 is 2.20 bits per heavy atom. The van der Waals surface area contributed by atoms with Crippen molar-refractivity contribution in [3.63, 3.8) is 0 Å². The van der Waals surface area contributed by atoms with Crippen molar-refractivity contribution in [2.75, 3.05) is 0 Å². The molecule has 0 radical (unpaired) electrons. The molecular formula is C13H11N3O4. The van der Waals surface area contributed by atoms with Crippen LogP contribution in [0.15, 0.2) is 45.9 Å². The molecule has 0 saturated carbocycles. The molecule has 7 heteroatoms. The molecule has 0 atom stereocenters. The first kappa shape index (κ1) is 13.5. The highest BCUT2D eigenvalue weighted by molar-refractivity contribution is 5.94. The number of carbonyl (C=O) groups is 1. The van der Waals surface area contributed by atoms with Crippen LogP contribution in [-0.2, 0) is 0 Å². The van der Waals surface area contributed by atoms with Crippen LogP contribution in [0.4, 0.5) is 5.88 Å². The number of nitrogens with one attached hydrogen (secondary N) is 1. The number of hydrogen-bond donors (Lipinski definition) is 1. The normalized spacial score (nSPS) is 10.7. The highest BCUT2D eigenvalue weighted by Gasteiger charge is 2.10. The third kappa shape index (κ3) is 3.29. The second kappa shape index (κ2) is 5.79. The Balaban J connectivity index is 1.99. The summed E-state index contributed by atoms with van der Waals surface area (Å²) in [6.45, 7) is 1.88. The summed E-state index contributed by atoms with van der Waals surface area (Å²) in [5.74, 6) is -0.566. The first-order chi connectivity index (χ1) is 9.56. The molecule has 0 bridgehead atoms. The molecule has 1 aromatic carbocycles. The summed E-state index contributed by atoms with van der Waals surface area (Å²) in [5.41, 5.74) is 3.75. The summed E-state index contributed by atoms with van der Waals surface area (Å²) in [6, 6.07) is 9.63. The molecule has 0 unspecified atom stereocenters. The molecule has 0 saturated heterocycles. The molecule has 2 rings (SSSR count). The Morgan fingerprint density at radius 1 is 1.40 bits per heavy atom. The van der Waals surface area contributed by atoms with E-state index in [-0.39, 0.29) is 17.6 Å². The Labute approximate surface area is 114 Å². The van der Waals surface area contributed by atoms with Crippen LogP contribution in [-0.4, -0.2) is 17.0 Å². The minimum Gasteiger partial charge on any atom is -0.400 e. The van der Waals surface area contributed by atoms with Gasteiger partial charge in [-0.2, -0.15) is 5.10 Å². The molecule has 1 amide bonds. The van der Waals surface area contributed by atoms with E-state index in [0.717, 1.165) is 5.56 Å². The summed E-state index contributed by atoms with van der Waals surface area (Å²) in [5, 5.41) is 14.1. The van der Waals surface area contributed by atoms with E-state index in [9.17, 15) is 14.9 Å². The van der Waals surface area contributed by atoms with Crippen LogP contribution in [0.5, 0.6) is 0 Å². The van der Waals surface area contributed by atoms with Crippen molar-refractivity contribution in [3.8, 4) is 0 Å². The summed E-state index contributed by atoms with van der Waals surface area (Å²) in [4.78, 5) is 21.5. The van der Waals surface area contributed by atoms with Gasteiger partial charge in [-0.25, -0.2) is 5.43 Å². The fourth-order valence-corrected chi connectivity index (χ4v) is 1.52. The van der Waals surface area contributed by atoms with E-state index in [0.29, 0.717) is 5.56 Å². The van der Waals surface area contributed by atoms with Gasteiger partial charge in [-0.15, -0.1) is 0 Å². The second-order valence-electron chi connectivity index (χ2n) is 4.00. The van der Waals surface area contributed by atoms with Crippen molar-refractivity contribution in [2.45, 2.75) is 6.92 Å². The smallest absolute Gasteiger partial charge is 0.400 e. The lowest BCUT2D eigenvalue weighted by Crippen LogP contribution is -2.17. The minimum absolute atomic E-state index is 0.182. The molecule has 1 heterocycles. The van der Waals surface area contributed by atoms with Crippen LogP contribution >= 0.6 is 0 Å². The average molecular weight is 273 g/mol. The van der Waals surface area contributed by atoms with Gasteiger partial charge >= 0.3 is 5.88 Å². The lowest BCUT2D eigenvalue weighted by atomic mass is 10.1. The van der Waals surface area contributed by atoms with Crippen molar-refractivity contribution in [3.05, 3.63) is 63.4 Å². The molecule has 1 aromatic heterocycles. The zero-order valence-corrected chi connectivity index (χ0v) is 10.6. The van der Waals surface area contributed by atoms with Gasteiger partial charge in [-0.05, 0) is 25.1 Å². The Kier molecular flexibility index (Phi) is 3.90. The number of furan rings is 1. The lowest BCUT2D eigenvalue weighted by molar-refractivity contribution is -0.402. The van der Waals surface area contributed by atoms with E-state index < -0.39 is 4.92 Å². The van der Waals surface area contributed by atoms with Crippen LogP contribution in [0, 0.1) is 17.0 Å². The van der Waals surface area contributed by atoms with Crippen LogP contribution in [0.25, 0.3) is 0 Å².